The Morgan fingerprint density at radius 2 is 2.08 bits per heavy atom. The summed E-state index contributed by atoms with van der Waals surface area (Å²) in [4.78, 5) is 10.9. The van der Waals surface area contributed by atoms with E-state index in [1.54, 1.807) is 7.05 Å². The van der Waals surface area contributed by atoms with E-state index in [1.165, 1.54) is 6.42 Å². The SMILES string of the molecule is CNC(=O)N[C@H]1CCCC[C@H]1Cl. The van der Waals surface area contributed by atoms with Gasteiger partial charge in [-0.1, -0.05) is 12.8 Å². The van der Waals surface area contributed by atoms with Crippen LogP contribution in [0.4, 0.5) is 4.79 Å². The average molecular weight is 191 g/mol. The molecule has 1 aliphatic carbocycles. The van der Waals surface area contributed by atoms with E-state index in [2.05, 4.69) is 10.6 Å². The third-order valence-electron chi connectivity index (χ3n) is 2.23. The van der Waals surface area contributed by atoms with E-state index in [0.717, 1.165) is 19.3 Å². The van der Waals surface area contributed by atoms with E-state index in [1.807, 2.05) is 0 Å². The maximum Gasteiger partial charge on any atom is 0.314 e. The molecule has 0 heterocycles. The molecule has 0 saturated heterocycles. The quantitative estimate of drug-likeness (QED) is 0.604. The highest BCUT2D eigenvalue weighted by Gasteiger charge is 2.23. The molecule has 12 heavy (non-hydrogen) atoms. The third-order valence-corrected chi connectivity index (χ3v) is 2.75. The van der Waals surface area contributed by atoms with Crippen molar-refractivity contribution in [2.45, 2.75) is 37.1 Å². The van der Waals surface area contributed by atoms with Crippen molar-refractivity contribution >= 4 is 17.6 Å². The predicted molar refractivity (Wildman–Crippen MR) is 49.5 cm³/mol. The van der Waals surface area contributed by atoms with Gasteiger partial charge in [-0.15, -0.1) is 11.6 Å². The van der Waals surface area contributed by atoms with E-state index < -0.39 is 0 Å². The molecule has 1 aliphatic rings. The van der Waals surface area contributed by atoms with E-state index >= 15 is 0 Å². The zero-order valence-electron chi connectivity index (χ0n) is 7.27. The molecule has 0 radical (unpaired) electrons. The first-order valence-electron chi connectivity index (χ1n) is 4.36. The molecule has 0 aromatic carbocycles. The summed E-state index contributed by atoms with van der Waals surface area (Å²) in [6, 6.07) is 0.0212. The third kappa shape index (κ3) is 2.55. The lowest BCUT2D eigenvalue weighted by Gasteiger charge is -2.27. The van der Waals surface area contributed by atoms with Crippen LogP contribution in [-0.4, -0.2) is 24.5 Å². The van der Waals surface area contributed by atoms with E-state index in [-0.39, 0.29) is 17.5 Å². The van der Waals surface area contributed by atoms with Crippen LogP contribution in [0.25, 0.3) is 0 Å². The summed E-state index contributed by atoms with van der Waals surface area (Å²) in [7, 11) is 1.61. The minimum Gasteiger partial charge on any atom is -0.341 e. The lowest BCUT2D eigenvalue weighted by atomic mass is 9.95. The normalized spacial score (nSPS) is 29.5. The fourth-order valence-electron chi connectivity index (χ4n) is 1.49. The number of amides is 2. The van der Waals surface area contributed by atoms with Crippen LogP contribution in [0.1, 0.15) is 25.7 Å². The first-order chi connectivity index (χ1) is 5.74. The molecule has 2 atom stereocenters. The fourth-order valence-corrected chi connectivity index (χ4v) is 1.83. The van der Waals surface area contributed by atoms with Crippen molar-refractivity contribution in [3.8, 4) is 0 Å². The first kappa shape index (κ1) is 9.65. The summed E-state index contributed by atoms with van der Waals surface area (Å²) in [5, 5.41) is 5.47. The van der Waals surface area contributed by atoms with Crippen molar-refractivity contribution in [1.82, 2.24) is 10.6 Å². The van der Waals surface area contributed by atoms with Gasteiger partial charge in [-0.25, -0.2) is 4.79 Å². The van der Waals surface area contributed by atoms with Gasteiger partial charge in [-0.05, 0) is 12.8 Å². The number of urea groups is 1. The van der Waals surface area contributed by atoms with Gasteiger partial charge in [0.15, 0.2) is 0 Å². The van der Waals surface area contributed by atoms with Crippen LogP contribution in [0.5, 0.6) is 0 Å². The molecule has 0 spiro atoms. The highest BCUT2D eigenvalue weighted by atomic mass is 35.5. The number of halogens is 1. The van der Waals surface area contributed by atoms with Gasteiger partial charge >= 0.3 is 6.03 Å². The Morgan fingerprint density at radius 1 is 1.42 bits per heavy atom. The predicted octanol–water partition coefficient (Wildman–Crippen LogP) is 1.47. The Bertz CT molecular complexity index is 163. The van der Waals surface area contributed by atoms with E-state index in [9.17, 15) is 4.79 Å². The molecule has 3 nitrogen and oxygen atoms in total. The largest absolute Gasteiger partial charge is 0.341 e. The standard InChI is InChI=1S/C8H15ClN2O/c1-10-8(12)11-7-5-3-2-4-6(7)9/h6-7H,2-5H2,1H3,(H2,10,11,12)/t6-,7+/m1/s1. The van der Waals surface area contributed by atoms with Gasteiger partial charge in [0.25, 0.3) is 0 Å². The van der Waals surface area contributed by atoms with Gasteiger partial charge < -0.3 is 10.6 Å². The molecule has 4 heteroatoms. The zero-order valence-corrected chi connectivity index (χ0v) is 8.03. The minimum absolute atomic E-state index is 0.107. The molecular formula is C8H15ClN2O. The van der Waals surface area contributed by atoms with Crippen molar-refractivity contribution in [2.75, 3.05) is 7.05 Å². The zero-order chi connectivity index (χ0) is 8.97. The van der Waals surface area contributed by atoms with Crippen molar-refractivity contribution < 1.29 is 4.79 Å². The highest BCUT2D eigenvalue weighted by molar-refractivity contribution is 6.21. The highest BCUT2D eigenvalue weighted by Crippen LogP contribution is 2.22. The summed E-state index contributed by atoms with van der Waals surface area (Å²) in [6.07, 6.45) is 4.36. The van der Waals surface area contributed by atoms with Crippen LogP contribution in [0.2, 0.25) is 0 Å². The number of carbonyl (C=O) groups excluding carboxylic acids is 1. The Morgan fingerprint density at radius 3 is 2.67 bits per heavy atom. The minimum atomic E-state index is -0.132. The molecule has 0 aromatic rings. The monoisotopic (exact) mass is 190 g/mol. The summed E-state index contributed by atoms with van der Waals surface area (Å²) >= 11 is 6.04. The number of hydrogen-bond donors (Lipinski definition) is 2. The summed E-state index contributed by atoms with van der Waals surface area (Å²) in [5.74, 6) is 0. The van der Waals surface area contributed by atoms with Gasteiger partial charge in [-0.2, -0.15) is 0 Å². The van der Waals surface area contributed by atoms with Crippen molar-refractivity contribution in [2.24, 2.45) is 0 Å². The second-order valence-corrected chi connectivity index (χ2v) is 3.69. The van der Waals surface area contributed by atoms with Crippen molar-refractivity contribution in [3.05, 3.63) is 0 Å². The lowest BCUT2D eigenvalue weighted by Crippen LogP contribution is -2.46. The van der Waals surface area contributed by atoms with Crippen LogP contribution in [0, 0.1) is 0 Å². The van der Waals surface area contributed by atoms with Gasteiger partial charge in [0.2, 0.25) is 0 Å². The van der Waals surface area contributed by atoms with E-state index in [0.29, 0.717) is 0 Å². The first-order valence-corrected chi connectivity index (χ1v) is 4.80. The maximum absolute atomic E-state index is 10.9. The molecule has 70 valence electrons. The summed E-state index contributed by atoms with van der Waals surface area (Å²) < 4.78 is 0. The number of hydrogen-bond acceptors (Lipinski definition) is 1. The molecule has 0 unspecified atom stereocenters. The molecule has 0 aliphatic heterocycles. The second-order valence-electron chi connectivity index (χ2n) is 3.13. The number of carbonyl (C=O) groups is 1. The molecule has 1 rings (SSSR count). The number of alkyl halides is 1. The van der Waals surface area contributed by atoms with Crippen LogP contribution in [0.3, 0.4) is 0 Å². The van der Waals surface area contributed by atoms with Crippen LogP contribution in [-0.2, 0) is 0 Å². The average Bonchev–Trinajstić information content (AvgIpc) is 2.09. The van der Waals surface area contributed by atoms with Crippen LogP contribution < -0.4 is 10.6 Å². The Labute approximate surface area is 77.9 Å². The molecule has 2 amide bonds. The smallest absolute Gasteiger partial charge is 0.314 e. The van der Waals surface area contributed by atoms with Gasteiger partial charge in [0.1, 0.15) is 0 Å². The molecule has 0 bridgehead atoms. The van der Waals surface area contributed by atoms with Crippen molar-refractivity contribution in [3.63, 3.8) is 0 Å². The second kappa shape index (κ2) is 4.55. The van der Waals surface area contributed by atoms with E-state index in [4.69, 9.17) is 11.6 Å². The lowest BCUT2D eigenvalue weighted by molar-refractivity contribution is 0.235. The van der Waals surface area contributed by atoms with Gasteiger partial charge in [0, 0.05) is 13.1 Å². The van der Waals surface area contributed by atoms with Gasteiger partial charge in [0.05, 0.1) is 5.38 Å². The number of nitrogens with one attached hydrogen (secondary N) is 2. The molecular weight excluding hydrogens is 176 g/mol. The molecule has 1 saturated carbocycles. The molecule has 0 aromatic heterocycles. The molecule has 1 fully saturated rings. The van der Waals surface area contributed by atoms with Gasteiger partial charge in [-0.3, -0.25) is 0 Å². The number of rotatable bonds is 1. The summed E-state index contributed by atoms with van der Waals surface area (Å²) in [6.45, 7) is 0. The Hall–Kier alpha value is -0.440. The fraction of sp³-hybridized carbons (Fsp3) is 0.875. The summed E-state index contributed by atoms with van der Waals surface area (Å²) in [5.41, 5.74) is 0. The van der Waals surface area contributed by atoms with Crippen LogP contribution >= 0.6 is 11.6 Å². The van der Waals surface area contributed by atoms with Crippen molar-refractivity contribution in [1.29, 1.82) is 0 Å². The Kier molecular flexibility index (Phi) is 3.66. The topological polar surface area (TPSA) is 41.1 Å². The maximum atomic E-state index is 10.9. The van der Waals surface area contributed by atoms with Crippen LogP contribution in [0.15, 0.2) is 0 Å². The molecule has 2 N–H and O–H groups in total. The Balaban J connectivity index is 2.33.